The maximum atomic E-state index is 14.0. The lowest BCUT2D eigenvalue weighted by Crippen LogP contribution is -2.44. The standard InChI is InChI=1S/C33H33F3N6O3.C32H30F3N5O.2C2H6/c1-20-5-6-22(15-21(20)8-10-27-25-17-29(44-3)30(45-4)18-28(25)40-32(37)39-27)31(43)38-24-9-7-23(26(16-24)33(34,35)36)19-42-13-11-41(2)12-14-42;1-21-7-8-23(17-22(21)10-12-28-27-6-4-3-5-24(27)19-37-30(28)36)31(41)38-26-11-9-25(29(18-26)32(33,34)35)20-40-15-13-39(2)14-16-40;2*1-2/h5-7,9,15-18H,11-14,19H2,1-4H3,(H,38,43)(H2,37,39,40);3-9,11,17-19H,13-16,20H2,1-2H3,(H2,36,37)(H,38,41);2*1-2H3. The van der Waals surface area contributed by atoms with Gasteiger partial charge in [-0.15, -0.1) is 0 Å². The molecule has 6 N–H and O–H groups in total. The van der Waals surface area contributed by atoms with Gasteiger partial charge in [0.1, 0.15) is 11.5 Å². The first-order chi connectivity index (χ1) is 43.0. The summed E-state index contributed by atoms with van der Waals surface area (Å²) in [6.45, 7) is 18.1. The summed E-state index contributed by atoms with van der Waals surface area (Å²) in [6.07, 6.45) is -7.43. The van der Waals surface area contributed by atoms with Gasteiger partial charge in [-0.05, 0) is 111 Å². The van der Waals surface area contributed by atoms with Crippen LogP contribution in [0.5, 0.6) is 11.5 Å². The SMILES string of the molecule is CC.CC.COc1cc2nc(N)nc(C#Cc3cc(C(=O)Nc4ccc(CN5CCN(C)CC5)c(C(F)(F)F)c4)ccc3C)c2cc1OC.Cc1ccc(C(=O)Nc2ccc(CN3CCN(C)CC3)c(C(F)(F)F)c2)cc1C#Cc1c(N)ncc2ccccc12. The van der Waals surface area contributed by atoms with Gasteiger partial charge in [0.2, 0.25) is 5.95 Å². The van der Waals surface area contributed by atoms with E-state index in [1.165, 1.54) is 38.5 Å². The number of benzene rings is 6. The predicted octanol–water partition coefficient (Wildman–Crippen LogP) is 12.6. The number of fused-ring (bicyclic) bond motifs is 2. The van der Waals surface area contributed by atoms with Gasteiger partial charge in [0.15, 0.2) is 11.5 Å². The second kappa shape index (κ2) is 30.8. The van der Waals surface area contributed by atoms with Crippen LogP contribution in [0.25, 0.3) is 21.7 Å². The number of amides is 2. The second-order valence-electron chi connectivity index (χ2n) is 21.1. The molecule has 0 spiro atoms. The number of anilines is 4. The van der Waals surface area contributed by atoms with E-state index in [0.717, 1.165) is 60.2 Å². The zero-order valence-electron chi connectivity index (χ0n) is 52.2. The zero-order chi connectivity index (χ0) is 65.5. The third-order valence-electron chi connectivity index (χ3n) is 15.0. The van der Waals surface area contributed by atoms with Gasteiger partial charge in [-0.3, -0.25) is 19.4 Å². The van der Waals surface area contributed by atoms with E-state index in [0.29, 0.717) is 76.8 Å². The number of carbonyl (C=O) groups excluding carboxylic acids is 2. The van der Waals surface area contributed by atoms with E-state index >= 15 is 0 Å². The Kier molecular flexibility index (Phi) is 23.3. The molecule has 0 aliphatic carbocycles. The Bertz CT molecular complexity index is 3990. The molecular formula is C69H75F6N11O4. The van der Waals surface area contributed by atoms with Crippen molar-refractivity contribution in [3.05, 3.63) is 182 Å². The number of aromatic nitrogens is 3. The zero-order valence-corrected chi connectivity index (χ0v) is 52.2. The van der Waals surface area contributed by atoms with E-state index in [1.54, 1.807) is 54.7 Å². The first-order valence-electron chi connectivity index (χ1n) is 29.5. The first kappa shape index (κ1) is 68.2. The Morgan fingerprint density at radius 2 is 1.03 bits per heavy atom. The van der Waals surface area contributed by atoms with E-state index in [-0.39, 0.29) is 52.7 Å². The predicted molar refractivity (Wildman–Crippen MR) is 345 cm³/mol. The van der Waals surface area contributed by atoms with Crippen LogP contribution >= 0.6 is 0 Å². The molecule has 0 atom stereocenters. The minimum atomic E-state index is -4.57. The number of pyridine rings is 1. The summed E-state index contributed by atoms with van der Waals surface area (Å²) in [4.78, 5) is 47.4. The van der Waals surface area contributed by atoms with Gasteiger partial charge in [0.05, 0.1) is 36.4 Å². The summed E-state index contributed by atoms with van der Waals surface area (Å²) in [5.41, 5.74) is 15.8. The van der Waals surface area contributed by atoms with Gasteiger partial charge in [-0.2, -0.15) is 26.3 Å². The minimum Gasteiger partial charge on any atom is -0.493 e. The number of methoxy groups -OCH3 is 2. The normalized spacial score (nSPS) is 13.8. The van der Waals surface area contributed by atoms with Crippen molar-refractivity contribution in [3.8, 4) is 35.2 Å². The lowest BCUT2D eigenvalue weighted by molar-refractivity contribution is -0.139. The first-order valence-corrected chi connectivity index (χ1v) is 29.5. The summed E-state index contributed by atoms with van der Waals surface area (Å²) >= 11 is 0. The fraction of sp³-hybridized carbons (Fsp3) is 0.319. The Hall–Kier alpha value is -9.25. The molecule has 0 saturated carbocycles. The van der Waals surface area contributed by atoms with E-state index in [2.05, 4.69) is 59.1 Å². The number of nitrogen functional groups attached to an aromatic ring is 2. The molecule has 2 aromatic heterocycles. The van der Waals surface area contributed by atoms with Crippen molar-refractivity contribution in [3.63, 3.8) is 0 Å². The van der Waals surface area contributed by atoms with Crippen LogP contribution in [-0.2, 0) is 25.4 Å². The number of hydrogen-bond donors (Lipinski definition) is 4. The van der Waals surface area contributed by atoms with Crippen LogP contribution in [0.1, 0.15) is 104 Å². The molecule has 2 saturated heterocycles. The molecule has 2 aliphatic heterocycles. The average molecular weight is 1240 g/mol. The van der Waals surface area contributed by atoms with Crippen molar-refractivity contribution in [1.82, 2.24) is 34.6 Å². The maximum absolute atomic E-state index is 14.0. The van der Waals surface area contributed by atoms with Gasteiger partial charge in [0.25, 0.3) is 11.8 Å². The van der Waals surface area contributed by atoms with Crippen LogP contribution < -0.4 is 31.6 Å². The van der Waals surface area contributed by atoms with E-state index in [4.69, 9.17) is 20.9 Å². The molecule has 2 fully saturated rings. The molecule has 21 heteroatoms. The fourth-order valence-electron chi connectivity index (χ4n) is 9.94. The summed E-state index contributed by atoms with van der Waals surface area (Å²) in [5.74, 6) is 12.4. The van der Waals surface area contributed by atoms with Crippen molar-refractivity contribution in [2.24, 2.45) is 0 Å². The quantitative estimate of drug-likeness (QED) is 0.0751. The van der Waals surface area contributed by atoms with Crippen molar-refractivity contribution in [1.29, 1.82) is 0 Å². The number of aryl methyl sites for hydroxylation is 2. The Balaban J connectivity index is 0.000000244. The molecular weight excluding hydrogens is 1160 g/mol. The molecule has 6 aromatic carbocycles. The molecule has 2 aliphatic rings. The third kappa shape index (κ3) is 17.5. The van der Waals surface area contributed by atoms with Crippen LogP contribution in [0.4, 0.5) is 49.5 Å². The average Bonchev–Trinajstić information content (AvgIpc) is 1.54. The summed E-state index contributed by atoms with van der Waals surface area (Å²) < 4.78 is 94.8. The maximum Gasteiger partial charge on any atom is 0.416 e. The molecule has 4 heterocycles. The van der Waals surface area contributed by atoms with Crippen LogP contribution in [-0.4, -0.2) is 127 Å². The van der Waals surface area contributed by atoms with Gasteiger partial charge < -0.3 is 41.4 Å². The number of likely N-dealkylation sites (N-methyl/N-ethyl adjacent to an activating group) is 2. The lowest BCUT2D eigenvalue weighted by atomic mass is 10.0. The molecule has 10 rings (SSSR count). The van der Waals surface area contributed by atoms with Crippen LogP contribution in [0.2, 0.25) is 0 Å². The lowest BCUT2D eigenvalue weighted by Gasteiger charge is -2.33. The summed E-state index contributed by atoms with van der Waals surface area (Å²) in [5, 5.41) is 7.61. The molecule has 8 aromatic rings. The molecule has 472 valence electrons. The van der Waals surface area contributed by atoms with Gasteiger partial charge in [0, 0.05) is 127 Å². The van der Waals surface area contributed by atoms with Crippen molar-refractivity contribution >= 4 is 56.6 Å². The largest absolute Gasteiger partial charge is 0.493 e. The number of nitrogens with two attached hydrogens (primary N) is 2. The topological polar surface area (TPSA) is 180 Å². The number of nitrogens with zero attached hydrogens (tertiary/aromatic N) is 7. The Morgan fingerprint density at radius 3 is 1.51 bits per heavy atom. The molecule has 0 unspecified atom stereocenters. The smallest absolute Gasteiger partial charge is 0.416 e. The molecule has 90 heavy (non-hydrogen) atoms. The Labute approximate surface area is 521 Å². The number of ether oxygens (including phenoxy) is 2. The highest BCUT2D eigenvalue weighted by Crippen LogP contribution is 2.37. The number of hydrogen-bond acceptors (Lipinski definition) is 13. The van der Waals surface area contributed by atoms with Crippen LogP contribution in [0.15, 0.2) is 115 Å². The van der Waals surface area contributed by atoms with Crippen LogP contribution in [0.3, 0.4) is 0 Å². The number of alkyl halides is 6. The van der Waals surface area contributed by atoms with Crippen molar-refractivity contribution in [2.75, 3.05) is 103 Å². The highest BCUT2D eigenvalue weighted by molar-refractivity contribution is 6.05. The molecule has 0 bridgehead atoms. The van der Waals surface area contributed by atoms with Crippen molar-refractivity contribution < 1.29 is 45.4 Å². The number of carbonyl (C=O) groups is 2. The number of piperazine rings is 2. The van der Waals surface area contributed by atoms with Crippen molar-refractivity contribution in [2.45, 2.75) is 67.0 Å². The Morgan fingerprint density at radius 1 is 0.567 bits per heavy atom. The monoisotopic (exact) mass is 1240 g/mol. The highest BCUT2D eigenvalue weighted by Gasteiger charge is 2.36. The van der Waals surface area contributed by atoms with E-state index < -0.39 is 35.3 Å². The minimum absolute atomic E-state index is 0.0247. The molecule has 2 amide bonds. The van der Waals surface area contributed by atoms with E-state index in [9.17, 15) is 35.9 Å². The fourth-order valence-corrected chi connectivity index (χ4v) is 9.94. The molecule has 0 radical (unpaired) electrons. The number of rotatable bonds is 10. The van der Waals surface area contributed by atoms with E-state index in [1.807, 2.05) is 89.7 Å². The van der Waals surface area contributed by atoms with Gasteiger partial charge >= 0.3 is 12.4 Å². The van der Waals surface area contributed by atoms with Crippen LogP contribution in [0, 0.1) is 37.5 Å². The second-order valence-corrected chi connectivity index (χ2v) is 21.1. The van der Waals surface area contributed by atoms with Gasteiger partial charge in [-0.1, -0.05) is 94.0 Å². The van der Waals surface area contributed by atoms with Gasteiger partial charge in [-0.25, -0.2) is 15.0 Å². The molecule has 15 nitrogen and oxygen atoms in total. The number of nitrogens with one attached hydrogen (secondary N) is 2. The summed E-state index contributed by atoms with van der Waals surface area (Å²) in [6, 6.07) is 28.8. The highest BCUT2D eigenvalue weighted by atomic mass is 19.4. The number of halogens is 6. The summed E-state index contributed by atoms with van der Waals surface area (Å²) in [7, 11) is 7.02. The third-order valence-corrected chi connectivity index (χ3v) is 15.0.